The van der Waals surface area contributed by atoms with Crippen LogP contribution in [0, 0.1) is 0 Å². The second-order valence-corrected chi connectivity index (χ2v) is 7.02. The SMILES string of the molecule is C[C@@H]1CN(S(=O)(=O)c2ccc3c(c2)CCO3)CCN1.Cl. The molecule has 112 valence electrons. The number of hydrogen-bond donors (Lipinski definition) is 1. The van der Waals surface area contributed by atoms with Crippen molar-refractivity contribution in [2.75, 3.05) is 26.2 Å². The lowest BCUT2D eigenvalue weighted by atomic mass is 10.2. The highest BCUT2D eigenvalue weighted by atomic mass is 35.5. The van der Waals surface area contributed by atoms with Gasteiger partial charge in [0.2, 0.25) is 10.0 Å². The third-order valence-electron chi connectivity index (χ3n) is 3.63. The van der Waals surface area contributed by atoms with E-state index in [4.69, 9.17) is 4.74 Å². The van der Waals surface area contributed by atoms with Crippen LogP contribution in [0.25, 0.3) is 0 Å². The molecule has 5 nitrogen and oxygen atoms in total. The van der Waals surface area contributed by atoms with Crippen LogP contribution in [0.3, 0.4) is 0 Å². The fourth-order valence-electron chi connectivity index (χ4n) is 2.59. The molecule has 0 radical (unpaired) electrons. The Morgan fingerprint density at radius 2 is 2.20 bits per heavy atom. The lowest BCUT2D eigenvalue weighted by molar-refractivity contribution is 0.310. The van der Waals surface area contributed by atoms with Crippen molar-refractivity contribution in [1.82, 2.24) is 9.62 Å². The fraction of sp³-hybridized carbons (Fsp3) is 0.538. The Bertz CT molecular complexity index is 591. The van der Waals surface area contributed by atoms with Crippen LogP contribution in [0.4, 0.5) is 0 Å². The molecular weight excluding hydrogens is 300 g/mol. The molecule has 1 aromatic rings. The molecule has 2 aliphatic heterocycles. The van der Waals surface area contributed by atoms with E-state index < -0.39 is 10.0 Å². The van der Waals surface area contributed by atoms with Gasteiger partial charge in [0, 0.05) is 32.1 Å². The van der Waals surface area contributed by atoms with Crippen LogP contribution in [0.15, 0.2) is 23.1 Å². The summed E-state index contributed by atoms with van der Waals surface area (Å²) in [6.07, 6.45) is 0.788. The molecule has 2 aliphatic rings. The second-order valence-electron chi connectivity index (χ2n) is 5.09. The number of halogens is 1. The summed E-state index contributed by atoms with van der Waals surface area (Å²) in [4.78, 5) is 0.380. The number of rotatable bonds is 2. The van der Waals surface area contributed by atoms with Gasteiger partial charge >= 0.3 is 0 Å². The van der Waals surface area contributed by atoms with E-state index >= 15 is 0 Å². The topological polar surface area (TPSA) is 58.6 Å². The average molecular weight is 319 g/mol. The van der Waals surface area contributed by atoms with Gasteiger partial charge in [0.1, 0.15) is 5.75 Å². The Morgan fingerprint density at radius 1 is 1.40 bits per heavy atom. The molecule has 1 saturated heterocycles. The summed E-state index contributed by atoms with van der Waals surface area (Å²) in [7, 11) is -3.38. The van der Waals surface area contributed by atoms with Crippen molar-refractivity contribution < 1.29 is 13.2 Å². The maximum Gasteiger partial charge on any atom is 0.243 e. The second kappa shape index (κ2) is 5.89. The van der Waals surface area contributed by atoms with E-state index in [1.165, 1.54) is 0 Å². The van der Waals surface area contributed by atoms with Crippen molar-refractivity contribution in [3.05, 3.63) is 23.8 Å². The largest absolute Gasteiger partial charge is 0.493 e. The highest BCUT2D eigenvalue weighted by Crippen LogP contribution is 2.29. The Kier molecular flexibility index (Phi) is 4.59. The molecule has 0 saturated carbocycles. The lowest BCUT2D eigenvalue weighted by Gasteiger charge is -2.31. The molecule has 0 bridgehead atoms. The van der Waals surface area contributed by atoms with Crippen LogP contribution in [0.2, 0.25) is 0 Å². The third-order valence-corrected chi connectivity index (χ3v) is 5.49. The monoisotopic (exact) mass is 318 g/mol. The van der Waals surface area contributed by atoms with E-state index in [0.717, 1.165) is 17.7 Å². The fourth-order valence-corrected chi connectivity index (χ4v) is 4.17. The smallest absolute Gasteiger partial charge is 0.243 e. The highest BCUT2D eigenvalue weighted by Gasteiger charge is 2.29. The summed E-state index contributed by atoms with van der Waals surface area (Å²) >= 11 is 0. The van der Waals surface area contributed by atoms with E-state index in [2.05, 4.69) is 5.32 Å². The first-order chi connectivity index (χ1) is 9.07. The van der Waals surface area contributed by atoms with Crippen LogP contribution in [0.5, 0.6) is 5.75 Å². The maximum atomic E-state index is 12.6. The van der Waals surface area contributed by atoms with Crippen LogP contribution in [0.1, 0.15) is 12.5 Å². The summed E-state index contributed by atoms with van der Waals surface area (Å²) in [6, 6.07) is 5.36. The summed E-state index contributed by atoms with van der Waals surface area (Å²) < 4.78 is 32.2. The molecule has 1 fully saturated rings. The number of ether oxygens (including phenoxy) is 1. The summed E-state index contributed by atoms with van der Waals surface area (Å²) in [5.74, 6) is 0.813. The molecule has 0 spiro atoms. The van der Waals surface area contributed by atoms with E-state index in [-0.39, 0.29) is 18.4 Å². The average Bonchev–Trinajstić information content (AvgIpc) is 2.85. The number of sulfonamides is 1. The zero-order chi connectivity index (χ0) is 13.5. The molecule has 0 aromatic heterocycles. The Balaban J connectivity index is 0.00000147. The van der Waals surface area contributed by atoms with Gasteiger partial charge in [-0.1, -0.05) is 0 Å². The molecule has 3 rings (SSSR count). The molecule has 0 unspecified atom stereocenters. The number of fused-ring (bicyclic) bond motifs is 1. The van der Waals surface area contributed by atoms with Gasteiger partial charge in [-0.3, -0.25) is 0 Å². The molecule has 2 heterocycles. The Labute approximate surface area is 125 Å². The van der Waals surface area contributed by atoms with Crippen molar-refractivity contribution >= 4 is 22.4 Å². The minimum absolute atomic E-state index is 0. The first-order valence-corrected chi connectivity index (χ1v) is 8.00. The standard InChI is InChI=1S/C13H18N2O3S.ClH/c1-10-9-15(6-5-14-10)19(16,17)12-2-3-13-11(8-12)4-7-18-13;/h2-3,8,10,14H,4-7,9H2,1H3;1H/t10-;/m1./s1. The highest BCUT2D eigenvalue weighted by molar-refractivity contribution is 7.89. The van der Waals surface area contributed by atoms with Crippen molar-refractivity contribution in [3.8, 4) is 5.75 Å². The van der Waals surface area contributed by atoms with Crippen LogP contribution >= 0.6 is 12.4 Å². The predicted molar refractivity (Wildman–Crippen MR) is 79.1 cm³/mol. The zero-order valence-electron chi connectivity index (χ0n) is 11.3. The number of nitrogens with zero attached hydrogens (tertiary/aromatic N) is 1. The molecule has 20 heavy (non-hydrogen) atoms. The van der Waals surface area contributed by atoms with Crippen LogP contribution in [-0.2, 0) is 16.4 Å². The molecule has 7 heteroatoms. The number of hydrogen-bond acceptors (Lipinski definition) is 4. The normalized spacial score (nSPS) is 22.8. The first-order valence-electron chi connectivity index (χ1n) is 6.56. The van der Waals surface area contributed by atoms with Gasteiger partial charge in [0.25, 0.3) is 0 Å². The van der Waals surface area contributed by atoms with E-state index in [0.29, 0.717) is 31.1 Å². The quantitative estimate of drug-likeness (QED) is 0.884. The predicted octanol–water partition coefficient (Wildman–Crippen LogP) is 1.03. The summed E-state index contributed by atoms with van der Waals surface area (Å²) in [5, 5.41) is 3.25. The minimum atomic E-state index is -3.38. The minimum Gasteiger partial charge on any atom is -0.493 e. The summed E-state index contributed by atoms with van der Waals surface area (Å²) in [5.41, 5.74) is 0.990. The van der Waals surface area contributed by atoms with E-state index in [1.807, 2.05) is 6.92 Å². The van der Waals surface area contributed by atoms with Crippen molar-refractivity contribution in [2.45, 2.75) is 24.3 Å². The van der Waals surface area contributed by atoms with Gasteiger partial charge in [-0.2, -0.15) is 4.31 Å². The molecule has 1 atom stereocenters. The van der Waals surface area contributed by atoms with E-state index in [1.54, 1.807) is 22.5 Å². The van der Waals surface area contributed by atoms with Crippen molar-refractivity contribution in [2.24, 2.45) is 0 Å². The Hall–Kier alpha value is -0.820. The molecule has 1 aromatic carbocycles. The van der Waals surface area contributed by atoms with Crippen molar-refractivity contribution in [1.29, 1.82) is 0 Å². The molecule has 0 amide bonds. The molecule has 0 aliphatic carbocycles. The van der Waals surface area contributed by atoms with Gasteiger partial charge in [-0.25, -0.2) is 8.42 Å². The van der Waals surface area contributed by atoms with Gasteiger partial charge in [-0.15, -0.1) is 12.4 Å². The summed E-state index contributed by atoms with van der Waals surface area (Å²) in [6.45, 7) is 4.40. The number of benzene rings is 1. The first kappa shape index (κ1) is 15.6. The van der Waals surface area contributed by atoms with Crippen LogP contribution in [-0.4, -0.2) is 45.0 Å². The van der Waals surface area contributed by atoms with Crippen LogP contribution < -0.4 is 10.1 Å². The van der Waals surface area contributed by atoms with Crippen molar-refractivity contribution in [3.63, 3.8) is 0 Å². The lowest BCUT2D eigenvalue weighted by Crippen LogP contribution is -2.51. The van der Waals surface area contributed by atoms with E-state index in [9.17, 15) is 8.42 Å². The molecule has 1 N–H and O–H groups in total. The maximum absolute atomic E-state index is 12.6. The molecular formula is C13H19ClN2O3S. The van der Waals surface area contributed by atoms with Gasteiger partial charge in [0.15, 0.2) is 0 Å². The number of piperazine rings is 1. The number of nitrogens with one attached hydrogen (secondary N) is 1. The zero-order valence-corrected chi connectivity index (χ0v) is 13.0. The van der Waals surface area contributed by atoms with Gasteiger partial charge in [-0.05, 0) is 30.7 Å². The van der Waals surface area contributed by atoms with Gasteiger partial charge in [0.05, 0.1) is 11.5 Å². The Morgan fingerprint density at radius 3 is 2.95 bits per heavy atom. The van der Waals surface area contributed by atoms with Gasteiger partial charge < -0.3 is 10.1 Å². The third kappa shape index (κ3) is 2.79.